The molecule has 1 aromatic heterocycles. The van der Waals surface area contributed by atoms with E-state index in [-0.39, 0.29) is 16.8 Å². The maximum Gasteiger partial charge on any atom is 0.246 e. The van der Waals surface area contributed by atoms with E-state index in [4.69, 9.17) is 5.73 Å². The quantitative estimate of drug-likeness (QED) is 0.720. The van der Waals surface area contributed by atoms with E-state index in [1.807, 2.05) is 11.8 Å². The van der Waals surface area contributed by atoms with E-state index in [1.54, 1.807) is 0 Å². The molecule has 0 bridgehead atoms. The van der Waals surface area contributed by atoms with Gasteiger partial charge in [0.15, 0.2) is 0 Å². The van der Waals surface area contributed by atoms with Crippen LogP contribution in [-0.2, 0) is 10.0 Å². The zero-order valence-electron chi connectivity index (χ0n) is 8.64. The zero-order valence-corrected chi connectivity index (χ0v) is 10.3. The van der Waals surface area contributed by atoms with Crippen LogP contribution in [0.25, 0.3) is 0 Å². The van der Waals surface area contributed by atoms with Crippen LogP contribution in [0.15, 0.2) is 11.1 Å². The molecule has 0 amide bonds. The van der Waals surface area contributed by atoms with Crippen molar-refractivity contribution in [2.45, 2.75) is 23.8 Å². The standard InChI is InChI=1S/C8H14N4O2S2/c9-8-7(5-10-11-8)16(13,14)12-6-1-3-15-4-2-6/h5-6,12H,1-4H2,(H3,9,10,11). The van der Waals surface area contributed by atoms with Gasteiger partial charge in [-0.1, -0.05) is 0 Å². The Morgan fingerprint density at radius 3 is 2.75 bits per heavy atom. The molecule has 0 spiro atoms. The fraction of sp³-hybridized carbons (Fsp3) is 0.625. The molecule has 1 fully saturated rings. The van der Waals surface area contributed by atoms with Crippen LogP contribution in [0.3, 0.4) is 0 Å². The van der Waals surface area contributed by atoms with Crippen molar-refractivity contribution in [3.8, 4) is 0 Å². The van der Waals surface area contributed by atoms with Crippen molar-refractivity contribution >= 4 is 27.6 Å². The van der Waals surface area contributed by atoms with E-state index in [0.29, 0.717) is 0 Å². The summed E-state index contributed by atoms with van der Waals surface area (Å²) >= 11 is 1.85. The molecule has 0 saturated carbocycles. The number of aromatic nitrogens is 2. The van der Waals surface area contributed by atoms with Crippen molar-refractivity contribution in [1.29, 1.82) is 0 Å². The largest absolute Gasteiger partial charge is 0.383 e. The van der Waals surface area contributed by atoms with E-state index in [2.05, 4.69) is 14.9 Å². The van der Waals surface area contributed by atoms with Gasteiger partial charge in [0, 0.05) is 6.04 Å². The third kappa shape index (κ3) is 2.50. The number of anilines is 1. The van der Waals surface area contributed by atoms with Crippen molar-refractivity contribution in [3.05, 3.63) is 6.20 Å². The second-order valence-corrected chi connectivity index (χ2v) is 6.56. The molecule has 90 valence electrons. The third-order valence-electron chi connectivity index (χ3n) is 2.46. The lowest BCUT2D eigenvalue weighted by molar-refractivity contribution is 0.529. The number of nitrogens with zero attached hydrogens (tertiary/aromatic N) is 1. The van der Waals surface area contributed by atoms with E-state index in [9.17, 15) is 8.42 Å². The number of aromatic amines is 1. The molecule has 4 N–H and O–H groups in total. The number of H-pyrrole nitrogens is 1. The first-order valence-electron chi connectivity index (χ1n) is 4.98. The Labute approximate surface area is 98.4 Å². The number of nitrogens with one attached hydrogen (secondary N) is 2. The Hall–Kier alpha value is -0.730. The van der Waals surface area contributed by atoms with Crippen LogP contribution in [0, 0.1) is 0 Å². The first-order chi connectivity index (χ1) is 7.59. The topological polar surface area (TPSA) is 101 Å². The second-order valence-electron chi connectivity index (χ2n) is 3.66. The number of hydrogen-bond acceptors (Lipinski definition) is 5. The predicted octanol–water partition coefficient (Wildman–Crippen LogP) is 0.166. The van der Waals surface area contributed by atoms with Gasteiger partial charge in [0.2, 0.25) is 10.0 Å². The van der Waals surface area contributed by atoms with Crippen LogP contribution in [0.5, 0.6) is 0 Å². The van der Waals surface area contributed by atoms with Gasteiger partial charge in [0.1, 0.15) is 10.7 Å². The van der Waals surface area contributed by atoms with Gasteiger partial charge in [0.05, 0.1) is 6.20 Å². The van der Waals surface area contributed by atoms with Gasteiger partial charge in [-0.3, -0.25) is 5.10 Å². The Morgan fingerprint density at radius 2 is 2.19 bits per heavy atom. The summed E-state index contributed by atoms with van der Waals surface area (Å²) in [5.74, 6) is 2.07. The lowest BCUT2D eigenvalue weighted by Crippen LogP contribution is -2.37. The highest BCUT2D eigenvalue weighted by Gasteiger charge is 2.24. The lowest BCUT2D eigenvalue weighted by atomic mass is 10.2. The zero-order chi connectivity index (χ0) is 11.6. The van der Waals surface area contributed by atoms with Gasteiger partial charge in [-0.25, -0.2) is 13.1 Å². The minimum Gasteiger partial charge on any atom is -0.383 e. The van der Waals surface area contributed by atoms with E-state index < -0.39 is 10.0 Å². The molecular weight excluding hydrogens is 248 g/mol. The molecule has 1 aliphatic heterocycles. The third-order valence-corrected chi connectivity index (χ3v) is 5.06. The lowest BCUT2D eigenvalue weighted by Gasteiger charge is -2.22. The van der Waals surface area contributed by atoms with Gasteiger partial charge >= 0.3 is 0 Å². The summed E-state index contributed by atoms with van der Waals surface area (Å²) in [6, 6.07) is 0.0144. The van der Waals surface area contributed by atoms with Crippen LogP contribution in [0.2, 0.25) is 0 Å². The Kier molecular flexibility index (Phi) is 3.41. The summed E-state index contributed by atoms with van der Waals surface area (Å²) in [6.07, 6.45) is 2.96. The van der Waals surface area contributed by atoms with Gasteiger partial charge in [-0.05, 0) is 24.3 Å². The first kappa shape index (κ1) is 11.7. The molecule has 6 nitrogen and oxygen atoms in total. The summed E-state index contributed by atoms with van der Waals surface area (Å²) in [5.41, 5.74) is 5.49. The van der Waals surface area contributed by atoms with Crippen LogP contribution in [-0.4, -0.2) is 36.2 Å². The minimum absolute atomic E-state index is 0.0144. The fourth-order valence-corrected chi connectivity index (χ4v) is 4.03. The van der Waals surface area contributed by atoms with Crippen molar-refractivity contribution in [2.75, 3.05) is 17.2 Å². The smallest absolute Gasteiger partial charge is 0.246 e. The molecule has 0 unspecified atom stereocenters. The number of sulfonamides is 1. The predicted molar refractivity (Wildman–Crippen MR) is 63.7 cm³/mol. The highest BCUT2D eigenvalue weighted by atomic mass is 32.2. The van der Waals surface area contributed by atoms with E-state index in [0.717, 1.165) is 24.3 Å². The van der Waals surface area contributed by atoms with Gasteiger partial charge in [-0.2, -0.15) is 16.9 Å². The molecule has 1 aromatic rings. The molecule has 0 atom stereocenters. The maximum atomic E-state index is 11.9. The van der Waals surface area contributed by atoms with Gasteiger partial charge in [-0.15, -0.1) is 0 Å². The highest BCUT2D eigenvalue weighted by molar-refractivity contribution is 7.99. The minimum atomic E-state index is -3.53. The molecule has 2 rings (SSSR count). The SMILES string of the molecule is Nc1[nH]ncc1S(=O)(=O)NC1CCSCC1. The van der Waals surface area contributed by atoms with E-state index >= 15 is 0 Å². The summed E-state index contributed by atoms with van der Waals surface area (Å²) < 4.78 is 26.5. The highest BCUT2D eigenvalue weighted by Crippen LogP contribution is 2.20. The summed E-state index contributed by atoms with van der Waals surface area (Å²) in [5, 5.41) is 6.02. The number of rotatable bonds is 3. The van der Waals surface area contributed by atoms with E-state index in [1.165, 1.54) is 6.20 Å². The molecule has 0 radical (unpaired) electrons. The van der Waals surface area contributed by atoms with Crippen molar-refractivity contribution in [3.63, 3.8) is 0 Å². The van der Waals surface area contributed by atoms with Crippen LogP contribution in [0.4, 0.5) is 5.82 Å². The summed E-state index contributed by atoms with van der Waals surface area (Å²) in [4.78, 5) is 0.0331. The molecular formula is C8H14N4O2S2. The van der Waals surface area contributed by atoms with Crippen molar-refractivity contribution < 1.29 is 8.42 Å². The molecule has 1 aliphatic rings. The summed E-state index contributed by atoms with van der Waals surface area (Å²) in [7, 11) is -3.53. The average molecular weight is 262 g/mol. The van der Waals surface area contributed by atoms with Crippen molar-refractivity contribution in [1.82, 2.24) is 14.9 Å². The van der Waals surface area contributed by atoms with Crippen LogP contribution in [0.1, 0.15) is 12.8 Å². The second kappa shape index (κ2) is 4.64. The Morgan fingerprint density at radius 1 is 1.50 bits per heavy atom. The summed E-state index contributed by atoms with van der Waals surface area (Å²) in [6.45, 7) is 0. The molecule has 0 aromatic carbocycles. The Bertz CT molecular complexity index is 450. The molecule has 8 heteroatoms. The van der Waals surface area contributed by atoms with Crippen LogP contribution >= 0.6 is 11.8 Å². The molecule has 16 heavy (non-hydrogen) atoms. The van der Waals surface area contributed by atoms with Crippen LogP contribution < -0.4 is 10.5 Å². The molecule has 1 saturated heterocycles. The maximum absolute atomic E-state index is 11.9. The number of thioether (sulfide) groups is 1. The first-order valence-corrected chi connectivity index (χ1v) is 7.62. The Balaban J connectivity index is 2.11. The van der Waals surface area contributed by atoms with Gasteiger partial charge < -0.3 is 5.73 Å². The molecule has 0 aliphatic carbocycles. The molecule has 2 heterocycles. The number of nitrogen functional groups attached to an aromatic ring is 1. The fourth-order valence-electron chi connectivity index (χ4n) is 1.60. The average Bonchev–Trinajstić information content (AvgIpc) is 2.66. The monoisotopic (exact) mass is 262 g/mol. The number of hydrogen-bond donors (Lipinski definition) is 3. The van der Waals surface area contributed by atoms with Crippen molar-refractivity contribution in [2.24, 2.45) is 0 Å². The van der Waals surface area contributed by atoms with Gasteiger partial charge in [0.25, 0.3) is 0 Å². The normalized spacial score (nSPS) is 18.8. The number of nitrogens with two attached hydrogens (primary N) is 1.